The van der Waals surface area contributed by atoms with E-state index in [4.69, 9.17) is 8.83 Å². The highest BCUT2D eigenvalue weighted by molar-refractivity contribution is 6.90. The van der Waals surface area contributed by atoms with Crippen LogP contribution in [0.5, 0.6) is 0 Å². The zero-order chi connectivity index (χ0) is 34.8. The van der Waals surface area contributed by atoms with Crippen molar-refractivity contribution < 1.29 is 8.83 Å². The number of fused-ring (bicyclic) bond motifs is 14. The molecule has 6 aromatic carbocycles. The highest BCUT2D eigenvalue weighted by Gasteiger charge is 2.48. The highest BCUT2D eigenvalue weighted by atomic mass is 16.3. The minimum Gasteiger partial charge on any atom is -0.466 e. The first kappa shape index (κ1) is 29.0. The smallest absolute Gasteiger partial charge is 0.376 e. The van der Waals surface area contributed by atoms with Crippen LogP contribution in [0.3, 0.4) is 0 Å². The molecule has 4 nitrogen and oxygen atoms in total. The zero-order valence-corrected chi connectivity index (χ0v) is 30.1. The number of hydrogen-bond acceptors (Lipinski definition) is 3. The molecule has 52 heavy (non-hydrogen) atoms. The van der Waals surface area contributed by atoms with Gasteiger partial charge in [-0.3, -0.25) is 0 Å². The Morgan fingerprint density at radius 3 is 2.04 bits per heavy atom. The number of aryl methyl sites for hydroxylation is 1. The van der Waals surface area contributed by atoms with Crippen LogP contribution >= 0.6 is 0 Å². The lowest BCUT2D eigenvalue weighted by Gasteiger charge is -2.44. The third-order valence-electron chi connectivity index (χ3n) is 12.9. The molecule has 0 saturated heterocycles. The molecule has 1 aliphatic carbocycles. The molecule has 12 rings (SSSR count). The van der Waals surface area contributed by atoms with Crippen molar-refractivity contribution in [1.29, 1.82) is 0 Å². The van der Waals surface area contributed by atoms with E-state index in [1.54, 1.807) is 0 Å². The minimum absolute atomic E-state index is 0.0642. The maximum atomic E-state index is 7.19. The van der Waals surface area contributed by atoms with Gasteiger partial charge in [-0.2, -0.15) is 0 Å². The van der Waals surface area contributed by atoms with Crippen LogP contribution in [-0.4, -0.2) is 11.3 Å². The van der Waals surface area contributed by atoms with Gasteiger partial charge in [0.15, 0.2) is 5.58 Å². The van der Waals surface area contributed by atoms with Gasteiger partial charge in [-0.1, -0.05) is 94.4 Å². The molecular formula is C47H37BN2O2. The van der Waals surface area contributed by atoms with Gasteiger partial charge in [0.05, 0.1) is 16.9 Å². The maximum absolute atomic E-state index is 7.19. The average molecular weight is 673 g/mol. The van der Waals surface area contributed by atoms with Gasteiger partial charge >= 0.3 is 6.85 Å². The van der Waals surface area contributed by atoms with Crippen LogP contribution in [0.4, 0.5) is 17.1 Å². The van der Waals surface area contributed by atoms with Gasteiger partial charge < -0.3 is 18.2 Å². The SMILES string of the molecule is Cc1cc2c(cc1N1c3c4c(cc5ccccc35)-c3cccc5c6oc7ccccc7c6n(c35)B4c3oc4ccccc4c31)C(C)(C)CCC2(C)C. The summed E-state index contributed by atoms with van der Waals surface area (Å²) in [6, 6.07) is 40.2. The van der Waals surface area contributed by atoms with E-state index < -0.39 is 0 Å². The second-order valence-electron chi connectivity index (χ2n) is 16.8. The lowest BCUT2D eigenvalue weighted by molar-refractivity contribution is 0.332. The summed E-state index contributed by atoms with van der Waals surface area (Å²) in [5.41, 5.74) is 17.8. The number of anilines is 3. The molecule has 0 saturated carbocycles. The Kier molecular flexibility index (Phi) is 5.24. The predicted molar refractivity (Wildman–Crippen MR) is 217 cm³/mol. The Morgan fingerprint density at radius 2 is 1.25 bits per heavy atom. The second-order valence-corrected chi connectivity index (χ2v) is 16.8. The van der Waals surface area contributed by atoms with Crippen molar-refractivity contribution in [3.8, 4) is 11.1 Å². The summed E-state index contributed by atoms with van der Waals surface area (Å²) in [4.78, 5) is 2.59. The van der Waals surface area contributed by atoms with E-state index in [0.717, 1.165) is 56.2 Å². The Bertz CT molecular complexity index is 3060. The monoisotopic (exact) mass is 672 g/mol. The van der Waals surface area contributed by atoms with Crippen LogP contribution in [0, 0.1) is 6.92 Å². The normalized spacial score (nSPS) is 16.6. The third-order valence-corrected chi connectivity index (χ3v) is 12.9. The van der Waals surface area contributed by atoms with Crippen molar-refractivity contribution in [2.45, 2.75) is 58.3 Å². The Morgan fingerprint density at radius 1 is 0.596 bits per heavy atom. The zero-order valence-electron chi connectivity index (χ0n) is 30.1. The standard InChI is InChI=1S/C47H37BN2O2/c1-26-23-34-35(47(4,5)22-21-46(34,2)3)25-36(26)49-41-28-14-7-6-13-27(28)24-33-29-17-12-18-32-40(29)50(42-30-15-8-10-19-37(30)51-44(32)42)48(39(33)41)45-43(49)31-16-9-11-20-38(31)52-45/h6-20,23-25H,21-22H2,1-5H3. The molecule has 5 heterocycles. The van der Waals surface area contributed by atoms with Gasteiger partial charge in [0, 0.05) is 38.3 Å². The Hall–Kier alpha value is -5.68. The molecule has 3 aromatic heterocycles. The topological polar surface area (TPSA) is 34.5 Å². The fraction of sp³-hybridized carbons (Fsp3) is 0.191. The molecule has 250 valence electrons. The molecule has 0 unspecified atom stereocenters. The second kappa shape index (κ2) is 9.40. The predicted octanol–water partition coefficient (Wildman–Crippen LogP) is 11.5. The first-order valence-corrected chi connectivity index (χ1v) is 18.7. The van der Waals surface area contributed by atoms with E-state index in [9.17, 15) is 0 Å². The van der Waals surface area contributed by atoms with Crippen LogP contribution in [0.1, 0.15) is 57.2 Å². The lowest BCUT2D eigenvalue weighted by Crippen LogP contribution is -2.56. The number of rotatable bonds is 1. The number of nitrogens with zero attached hydrogens (tertiary/aromatic N) is 2. The van der Waals surface area contributed by atoms with E-state index in [1.807, 2.05) is 0 Å². The largest absolute Gasteiger partial charge is 0.466 e. The molecule has 0 N–H and O–H groups in total. The maximum Gasteiger partial charge on any atom is 0.376 e. The summed E-state index contributed by atoms with van der Waals surface area (Å²) in [7, 11) is 0. The molecule has 0 atom stereocenters. The number of benzene rings is 6. The first-order chi connectivity index (χ1) is 25.2. The Balaban J connectivity index is 1.29. The van der Waals surface area contributed by atoms with Gasteiger partial charge in [0.2, 0.25) is 0 Å². The summed E-state index contributed by atoms with van der Waals surface area (Å²) in [5.74, 6) is 0. The highest BCUT2D eigenvalue weighted by Crippen LogP contribution is 2.53. The lowest BCUT2D eigenvalue weighted by atomic mass is 9.47. The molecule has 0 spiro atoms. The van der Waals surface area contributed by atoms with E-state index in [-0.39, 0.29) is 17.7 Å². The number of hydrogen-bond donors (Lipinski definition) is 0. The summed E-state index contributed by atoms with van der Waals surface area (Å²) >= 11 is 0. The molecule has 2 aliphatic heterocycles. The van der Waals surface area contributed by atoms with E-state index in [1.165, 1.54) is 67.4 Å². The molecule has 9 aromatic rings. The van der Waals surface area contributed by atoms with Crippen LogP contribution in [0.25, 0.3) is 65.8 Å². The molecular weight excluding hydrogens is 635 g/mol. The average Bonchev–Trinajstić information content (AvgIpc) is 3.82. The Labute approximate surface area is 302 Å². The number of aromatic nitrogens is 1. The van der Waals surface area contributed by atoms with Crippen LogP contribution in [-0.2, 0) is 10.8 Å². The van der Waals surface area contributed by atoms with Crippen molar-refractivity contribution in [2.24, 2.45) is 0 Å². The molecule has 0 radical (unpaired) electrons. The quantitative estimate of drug-likeness (QED) is 0.163. The summed E-state index contributed by atoms with van der Waals surface area (Å²) in [6.07, 6.45) is 2.35. The summed E-state index contributed by atoms with van der Waals surface area (Å²) in [5, 5.41) is 5.87. The van der Waals surface area contributed by atoms with Gasteiger partial charge in [0.25, 0.3) is 0 Å². The molecule has 5 heteroatoms. The van der Waals surface area contributed by atoms with Crippen molar-refractivity contribution >= 4 is 89.7 Å². The van der Waals surface area contributed by atoms with Gasteiger partial charge in [-0.25, -0.2) is 0 Å². The number of para-hydroxylation sites is 3. The number of furan rings is 2. The van der Waals surface area contributed by atoms with Crippen LogP contribution in [0.15, 0.2) is 118 Å². The molecule has 0 fully saturated rings. The van der Waals surface area contributed by atoms with Gasteiger partial charge in [-0.05, 0) is 106 Å². The van der Waals surface area contributed by atoms with Gasteiger partial charge in [0.1, 0.15) is 16.8 Å². The van der Waals surface area contributed by atoms with Crippen molar-refractivity contribution in [2.75, 3.05) is 4.90 Å². The fourth-order valence-electron chi connectivity index (χ4n) is 10.3. The third kappa shape index (κ3) is 3.40. The van der Waals surface area contributed by atoms with E-state index in [2.05, 4.69) is 153 Å². The van der Waals surface area contributed by atoms with Crippen molar-refractivity contribution in [1.82, 2.24) is 4.48 Å². The van der Waals surface area contributed by atoms with E-state index >= 15 is 0 Å². The summed E-state index contributed by atoms with van der Waals surface area (Å²) in [6.45, 7) is 11.8. The molecule has 0 bridgehead atoms. The van der Waals surface area contributed by atoms with Crippen LogP contribution < -0.4 is 16.0 Å². The minimum atomic E-state index is -0.197. The van der Waals surface area contributed by atoms with E-state index in [0.29, 0.717) is 0 Å². The van der Waals surface area contributed by atoms with Crippen molar-refractivity contribution in [3.05, 3.63) is 126 Å². The first-order valence-electron chi connectivity index (χ1n) is 18.7. The van der Waals surface area contributed by atoms with Crippen molar-refractivity contribution in [3.63, 3.8) is 0 Å². The van der Waals surface area contributed by atoms with Crippen LogP contribution in [0.2, 0.25) is 0 Å². The molecule has 3 aliphatic rings. The summed E-state index contributed by atoms with van der Waals surface area (Å²) < 4.78 is 16.5. The fourth-order valence-corrected chi connectivity index (χ4v) is 10.3. The molecule has 0 amide bonds. The van der Waals surface area contributed by atoms with Gasteiger partial charge in [-0.15, -0.1) is 0 Å².